The van der Waals surface area contributed by atoms with Crippen LogP contribution in [-0.4, -0.2) is 4.98 Å². The standard InChI is InChI=1S/C7H3ClF2N2O/c8-6-3(1-11)5(13)4(2-12-6)7(9)10/h2,7H,(H,12,13). The summed E-state index contributed by atoms with van der Waals surface area (Å²) in [5.41, 5.74) is -2.26. The van der Waals surface area contributed by atoms with Crippen molar-refractivity contribution in [3.8, 4) is 6.07 Å². The van der Waals surface area contributed by atoms with Crippen molar-refractivity contribution >= 4 is 11.6 Å². The molecule has 1 N–H and O–H groups in total. The van der Waals surface area contributed by atoms with Crippen LogP contribution in [0.5, 0.6) is 0 Å². The van der Waals surface area contributed by atoms with E-state index in [1.54, 1.807) is 0 Å². The molecule has 1 aromatic heterocycles. The average Bonchev–Trinajstić information content (AvgIpc) is 2.04. The molecule has 0 bridgehead atoms. The van der Waals surface area contributed by atoms with Crippen LogP contribution in [0, 0.1) is 11.3 Å². The molecule has 6 heteroatoms. The molecule has 1 rings (SSSR count). The Morgan fingerprint density at radius 1 is 1.62 bits per heavy atom. The van der Waals surface area contributed by atoms with Crippen LogP contribution in [0.25, 0.3) is 0 Å². The minimum atomic E-state index is -2.91. The summed E-state index contributed by atoms with van der Waals surface area (Å²) in [6.45, 7) is 0. The van der Waals surface area contributed by atoms with Gasteiger partial charge < -0.3 is 4.98 Å². The minimum Gasteiger partial charge on any atom is -0.351 e. The highest BCUT2D eigenvalue weighted by Gasteiger charge is 2.16. The third kappa shape index (κ3) is 1.68. The molecule has 0 aliphatic carbocycles. The molecule has 0 amide bonds. The lowest BCUT2D eigenvalue weighted by Gasteiger charge is -1.99. The first-order valence-corrected chi connectivity index (χ1v) is 3.55. The molecule has 0 aromatic carbocycles. The fourth-order valence-corrected chi connectivity index (χ4v) is 0.967. The molecular formula is C7H3ClF2N2O. The van der Waals surface area contributed by atoms with E-state index in [4.69, 9.17) is 16.9 Å². The Bertz CT molecular complexity index is 421. The van der Waals surface area contributed by atoms with E-state index in [1.165, 1.54) is 6.07 Å². The lowest BCUT2D eigenvalue weighted by atomic mass is 10.2. The number of hydrogen-bond acceptors (Lipinski definition) is 2. The molecule has 3 nitrogen and oxygen atoms in total. The van der Waals surface area contributed by atoms with Crippen molar-refractivity contribution in [1.82, 2.24) is 4.98 Å². The Morgan fingerprint density at radius 3 is 2.69 bits per heavy atom. The van der Waals surface area contributed by atoms with E-state index in [2.05, 4.69) is 4.98 Å². The van der Waals surface area contributed by atoms with E-state index in [0.717, 1.165) is 6.20 Å². The SMILES string of the molecule is N#Cc1c(Cl)[nH]cc(C(F)F)c1=O. The van der Waals surface area contributed by atoms with Gasteiger partial charge in [-0.05, 0) is 0 Å². The van der Waals surface area contributed by atoms with Crippen molar-refractivity contribution < 1.29 is 8.78 Å². The number of alkyl halides is 2. The van der Waals surface area contributed by atoms with Gasteiger partial charge in [-0.25, -0.2) is 8.78 Å². The summed E-state index contributed by atoms with van der Waals surface area (Å²) >= 11 is 5.38. The first kappa shape index (κ1) is 9.68. The molecule has 0 saturated carbocycles. The zero-order chi connectivity index (χ0) is 10.0. The van der Waals surface area contributed by atoms with Gasteiger partial charge in [0.1, 0.15) is 16.8 Å². The monoisotopic (exact) mass is 204 g/mol. The highest BCUT2D eigenvalue weighted by Crippen LogP contribution is 2.16. The van der Waals surface area contributed by atoms with Gasteiger partial charge in [-0.3, -0.25) is 4.79 Å². The number of rotatable bonds is 1. The normalized spacial score (nSPS) is 10.1. The molecule has 0 radical (unpaired) electrons. The largest absolute Gasteiger partial charge is 0.351 e. The summed E-state index contributed by atoms with van der Waals surface area (Å²) in [5.74, 6) is 0. The van der Waals surface area contributed by atoms with Gasteiger partial charge in [0.2, 0.25) is 5.43 Å². The molecular weight excluding hydrogens is 202 g/mol. The summed E-state index contributed by atoms with van der Waals surface area (Å²) in [7, 11) is 0. The number of nitrogens with one attached hydrogen (secondary N) is 1. The lowest BCUT2D eigenvalue weighted by Crippen LogP contribution is -2.14. The Labute approximate surface area is 76.6 Å². The third-order valence-corrected chi connectivity index (χ3v) is 1.71. The van der Waals surface area contributed by atoms with E-state index >= 15 is 0 Å². The number of hydrogen-bond donors (Lipinski definition) is 1. The fourth-order valence-electron chi connectivity index (χ4n) is 0.785. The highest BCUT2D eigenvalue weighted by atomic mass is 35.5. The second kappa shape index (κ2) is 3.54. The molecule has 0 unspecified atom stereocenters. The molecule has 0 spiro atoms. The van der Waals surface area contributed by atoms with Crippen molar-refractivity contribution in [2.24, 2.45) is 0 Å². The van der Waals surface area contributed by atoms with Crippen LogP contribution in [0.3, 0.4) is 0 Å². The van der Waals surface area contributed by atoms with E-state index in [9.17, 15) is 13.6 Å². The smallest absolute Gasteiger partial charge is 0.269 e. The molecule has 1 heterocycles. The maximum atomic E-state index is 12.1. The number of H-pyrrole nitrogens is 1. The lowest BCUT2D eigenvalue weighted by molar-refractivity contribution is 0.149. The third-order valence-electron chi connectivity index (χ3n) is 1.41. The summed E-state index contributed by atoms with van der Waals surface area (Å²) < 4.78 is 24.2. The molecule has 68 valence electrons. The van der Waals surface area contributed by atoms with Crippen molar-refractivity contribution in [1.29, 1.82) is 5.26 Å². The van der Waals surface area contributed by atoms with Crippen molar-refractivity contribution in [3.05, 3.63) is 32.7 Å². The van der Waals surface area contributed by atoms with Crippen LogP contribution in [-0.2, 0) is 0 Å². The molecule has 0 aliphatic rings. The number of nitrogens with zero attached hydrogens (tertiary/aromatic N) is 1. The van der Waals surface area contributed by atoms with Crippen LogP contribution in [0.4, 0.5) is 8.78 Å². The number of aromatic nitrogens is 1. The number of pyridine rings is 1. The number of nitriles is 1. The van der Waals surface area contributed by atoms with Crippen molar-refractivity contribution in [2.45, 2.75) is 6.43 Å². The van der Waals surface area contributed by atoms with Gasteiger partial charge in [0.25, 0.3) is 6.43 Å². The number of halogens is 3. The quantitative estimate of drug-likeness (QED) is 0.710. The molecule has 0 atom stereocenters. The molecule has 13 heavy (non-hydrogen) atoms. The van der Waals surface area contributed by atoms with E-state index in [-0.39, 0.29) is 5.15 Å². The van der Waals surface area contributed by atoms with Crippen LogP contribution in [0.15, 0.2) is 11.0 Å². The number of aromatic amines is 1. The van der Waals surface area contributed by atoms with Gasteiger partial charge >= 0.3 is 0 Å². The first-order chi connectivity index (χ1) is 6.07. The fraction of sp³-hybridized carbons (Fsp3) is 0.143. The van der Waals surface area contributed by atoms with Gasteiger partial charge in [-0.1, -0.05) is 11.6 Å². The van der Waals surface area contributed by atoms with Gasteiger partial charge in [0.15, 0.2) is 0 Å². The van der Waals surface area contributed by atoms with Crippen LogP contribution in [0.2, 0.25) is 5.15 Å². The molecule has 0 aliphatic heterocycles. The Hall–Kier alpha value is -1.41. The average molecular weight is 205 g/mol. The second-order valence-corrected chi connectivity index (χ2v) is 2.55. The zero-order valence-corrected chi connectivity index (χ0v) is 6.90. The second-order valence-electron chi connectivity index (χ2n) is 2.17. The van der Waals surface area contributed by atoms with Crippen LogP contribution in [0.1, 0.15) is 17.6 Å². The predicted molar refractivity (Wildman–Crippen MR) is 41.7 cm³/mol. The topological polar surface area (TPSA) is 56.6 Å². The zero-order valence-electron chi connectivity index (χ0n) is 6.14. The summed E-state index contributed by atoms with van der Waals surface area (Å²) in [6, 6.07) is 1.45. The van der Waals surface area contributed by atoms with Gasteiger partial charge in [0, 0.05) is 6.20 Å². The van der Waals surface area contributed by atoms with E-state index in [0.29, 0.717) is 0 Å². The maximum absolute atomic E-state index is 12.1. The summed E-state index contributed by atoms with van der Waals surface area (Å²) in [6.07, 6.45) is -2.11. The first-order valence-electron chi connectivity index (χ1n) is 3.17. The van der Waals surface area contributed by atoms with Crippen LogP contribution >= 0.6 is 11.6 Å². The Kier molecular flexibility index (Phi) is 2.63. The molecule has 0 fully saturated rings. The highest BCUT2D eigenvalue weighted by molar-refractivity contribution is 6.30. The van der Waals surface area contributed by atoms with Crippen LogP contribution < -0.4 is 5.43 Å². The Morgan fingerprint density at radius 2 is 2.23 bits per heavy atom. The summed E-state index contributed by atoms with van der Waals surface area (Å²) in [5, 5.41) is 8.18. The van der Waals surface area contributed by atoms with Gasteiger partial charge in [-0.15, -0.1) is 0 Å². The Balaban J connectivity index is 3.48. The van der Waals surface area contributed by atoms with Gasteiger partial charge in [0.05, 0.1) is 5.56 Å². The maximum Gasteiger partial charge on any atom is 0.269 e. The molecule has 1 aromatic rings. The molecule has 0 saturated heterocycles. The van der Waals surface area contributed by atoms with E-state index in [1.807, 2.05) is 0 Å². The van der Waals surface area contributed by atoms with E-state index < -0.39 is 23.0 Å². The van der Waals surface area contributed by atoms with Crippen molar-refractivity contribution in [2.75, 3.05) is 0 Å². The summed E-state index contributed by atoms with van der Waals surface area (Å²) in [4.78, 5) is 13.3. The predicted octanol–water partition coefficient (Wildman–Crippen LogP) is 1.84. The van der Waals surface area contributed by atoms with Gasteiger partial charge in [-0.2, -0.15) is 5.26 Å². The minimum absolute atomic E-state index is 0.225. The van der Waals surface area contributed by atoms with Crippen molar-refractivity contribution in [3.63, 3.8) is 0 Å².